The number of ether oxygens (including phenoxy) is 3. The van der Waals surface area contributed by atoms with Crippen molar-refractivity contribution in [2.75, 3.05) is 47.5 Å². The van der Waals surface area contributed by atoms with E-state index in [1.165, 1.54) is 0 Å². The summed E-state index contributed by atoms with van der Waals surface area (Å²) in [6.07, 6.45) is 2.00. The molecular weight excluding hydrogens is 416 g/mol. The summed E-state index contributed by atoms with van der Waals surface area (Å²) < 4.78 is 44.0. The summed E-state index contributed by atoms with van der Waals surface area (Å²) in [5.41, 5.74) is 2.14. The molecule has 2 aromatic rings. The molecule has 1 fully saturated rings. The quantitative estimate of drug-likeness (QED) is 0.587. The van der Waals surface area contributed by atoms with Crippen molar-refractivity contribution < 1.29 is 22.6 Å². The zero-order valence-corrected chi connectivity index (χ0v) is 19.6. The molecule has 0 amide bonds. The van der Waals surface area contributed by atoms with Gasteiger partial charge in [-0.3, -0.25) is 4.90 Å². The third-order valence-electron chi connectivity index (χ3n) is 5.61. The van der Waals surface area contributed by atoms with E-state index in [-0.39, 0.29) is 0 Å². The van der Waals surface area contributed by atoms with Crippen molar-refractivity contribution in [3.63, 3.8) is 0 Å². The van der Waals surface area contributed by atoms with Gasteiger partial charge in [0.1, 0.15) is 0 Å². The van der Waals surface area contributed by atoms with Crippen LogP contribution in [0.15, 0.2) is 41.3 Å². The van der Waals surface area contributed by atoms with Gasteiger partial charge in [0.2, 0.25) is 15.8 Å². The summed E-state index contributed by atoms with van der Waals surface area (Å²) in [5.74, 6) is 1.82. The van der Waals surface area contributed by atoms with Gasteiger partial charge in [0.25, 0.3) is 0 Å². The molecule has 0 atom stereocenters. The molecular formula is C23H32N2O5S. The highest BCUT2D eigenvalue weighted by Gasteiger charge is 2.29. The molecule has 0 bridgehead atoms. The second-order valence-electron chi connectivity index (χ2n) is 7.57. The summed E-state index contributed by atoms with van der Waals surface area (Å²) in [6.45, 7) is 4.95. The van der Waals surface area contributed by atoms with Gasteiger partial charge in [0.05, 0.1) is 26.2 Å². The largest absolute Gasteiger partial charge is 0.493 e. The molecule has 8 heteroatoms. The van der Waals surface area contributed by atoms with E-state index in [1.807, 2.05) is 24.3 Å². The molecule has 1 aliphatic rings. The Morgan fingerprint density at radius 2 is 1.48 bits per heavy atom. The van der Waals surface area contributed by atoms with Crippen LogP contribution in [0.2, 0.25) is 0 Å². The predicted molar refractivity (Wildman–Crippen MR) is 121 cm³/mol. The Morgan fingerprint density at radius 3 is 2.03 bits per heavy atom. The third-order valence-corrected chi connectivity index (χ3v) is 7.52. The lowest BCUT2D eigenvalue weighted by Gasteiger charge is -2.34. The number of hydrogen-bond donors (Lipinski definition) is 0. The van der Waals surface area contributed by atoms with Crippen molar-refractivity contribution in [1.29, 1.82) is 0 Å². The molecule has 0 aromatic heterocycles. The Morgan fingerprint density at radius 1 is 0.839 bits per heavy atom. The highest BCUT2D eigenvalue weighted by Crippen LogP contribution is 2.40. The minimum absolute atomic E-state index is 0.363. The van der Waals surface area contributed by atoms with Crippen molar-refractivity contribution in [2.24, 2.45) is 0 Å². The Hall–Kier alpha value is -2.29. The Labute approximate surface area is 185 Å². The second-order valence-corrected chi connectivity index (χ2v) is 9.51. The summed E-state index contributed by atoms with van der Waals surface area (Å²) >= 11 is 0. The van der Waals surface area contributed by atoms with Gasteiger partial charge < -0.3 is 14.2 Å². The van der Waals surface area contributed by atoms with Gasteiger partial charge in [-0.05, 0) is 30.2 Å². The number of methoxy groups -OCH3 is 3. The van der Waals surface area contributed by atoms with E-state index in [4.69, 9.17) is 14.2 Å². The SMILES string of the molecule is CCCc1ccc(S(=O)(=O)N2CCN(Cc3ccc(OC)c(OC)c3OC)CC2)cc1. The molecule has 0 spiro atoms. The van der Waals surface area contributed by atoms with E-state index in [0.717, 1.165) is 24.0 Å². The van der Waals surface area contributed by atoms with Crippen LogP contribution in [0.3, 0.4) is 0 Å². The van der Waals surface area contributed by atoms with Crippen molar-refractivity contribution >= 4 is 10.0 Å². The zero-order valence-electron chi connectivity index (χ0n) is 18.8. The standard InChI is InChI=1S/C23H32N2O5S/c1-5-6-18-7-10-20(11-8-18)31(26,27)25-15-13-24(14-16-25)17-19-9-12-21(28-2)23(30-4)22(19)29-3/h7-12H,5-6,13-17H2,1-4H3. The monoisotopic (exact) mass is 448 g/mol. The predicted octanol–water partition coefficient (Wildman–Crippen LogP) is 3.17. The maximum absolute atomic E-state index is 13.0. The molecule has 2 aromatic carbocycles. The van der Waals surface area contributed by atoms with Crippen LogP contribution in [-0.2, 0) is 23.0 Å². The minimum atomic E-state index is -3.48. The molecule has 1 saturated heterocycles. The number of aryl methyl sites for hydroxylation is 1. The normalized spacial score (nSPS) is 15.6. The molecule has 0 unspecified atom stereocenters. The molecule has 0 aliphatic carbocycles. The smallest absolute Gasteiger partial charge is 0.243 e. The lowest BCUT2D eigenvalue weighted by atomic mass is 10.1. The van der Waals surface area contributed by atoms with Gasteiger partial charge in [-0.2, -0.15) is 4.31 Å². The number of sulfonamides is 1. The average molecular weight is 449 g/mol. The molecule has 1 aliphatic heterocycles. The highest BCUT2D eigenvalue weighted by atomic mass is 32.2. The van der Waals surface area contributed by atoms with Crippen LogP contribution in [-0.4, -0.2) is 65.1 Å². The third kappa shape index (κ3) is 5.14. The van der Waals surface area contributed by atoms with Crippen molar-refractivity contribution in [3.8, 4) is 17.2 Å². The molecule has 7 nitrogen and oxygen atoms in total. The van der Waals surface area contributed by atoms with Gasteiger partial charge >= 0.3 is 0 Å². The maximum atomic E-state index is 13.0. The van der Waals surface area contributed by atoms with Crippen LogP contribution in [0.4, 0.5) is 0 Å². The fourth-order valence-corrected chi connectivity index (χ4v) is 5.34. The number of hydrogen-bond acceptors (Lipinski definition) is 6. The van der Waals surface area contributed by atoms with Crippen LogP contribution in [0.5, 0.6) is 17.2 Å². The van der Waals surface area contributed by atoms with E-state index >= 15 is 0 Å². The molecule has 1 heterocycles. The highest BCUT2D eigenvalue weighted by molar-refractivity contribution is 7.89. The van der Waals surface area contributed by atoms with Gasteiger partial charge in [-0.25, -0.2) is 8.42 Å². The second kappa shape index (κ2) is 10.3. The van der Waals surface area contributed by atoms with Gasteiger partial charge in [0.15, 0.2) is 11.5 Å². The molecule has 170 valence electrons. The summed E-state index contributed by atoms with van der Waals surface area (Å²) in [7, 11) is 1.31. The van der Waals surface area contributed by atoms with Gasteiger partial charge in [-0.15, -0.1) is 0 Å². The lowest BCUT2D eigenvalue weighted by Crippen LogP contribution is -2.48. The number of nitrogens with zero attached hydrogens (tertiary/aromatic N) is 2. The van der Waals surface area contributed by atoms with Gasteiger partial charge in [0, 0.05) is 38.3 Å². The lowest BCUT2D eigenvalue weighted by molar-refractivity contribution is 0.179. The van der Waals surface area contributed by atoms with Crippen molar-refractivity contribution in [2.45, 2.75) is 31.2 Å². The number of benzene rings is 2. The van der Waals surface area contributed by atoms with Crippen LogP contribution >= 0.6 is 0 Å². The van der Waals surface area contributed by atoms with E-state index in [9.17, 15) is 8.42 Å². The first-order valence-corrected chi connectivity index (χ1v) is 12.0. The zero-order chi connectivity index (χ0) is 22.4. The number of piperazine rings is 1. The molecule has 0 N–H and O–H groups in total. The van der Waals surface area contributed by atoms with Crippen molar-refractivity contribution in [3.05, 3.63) is 47.5 Å². The van der Waals surface area contributed by atoms with E-state index in [0.29, 0.717) is 54.9 Å². The van der Waals surface area contributed by atoms with E-state index in [2.05, 4.69) is 11.8 Å². The first kappa shape index (κ1) is 23.4. The maximum Gasteiger partial charge on any atom is 0.243 e. The van der Waals surface area contributed by atoms with Crippen LogP contribution in [0.25, 0.3) is 0 Å². The fourth-order valence-electron chi connectivity index (χ4n) is 3.92. The molecule has 0 radical (unpaired) electrons. The minimum Gasteiger partial charge on any atom is -0.493 e. The Balaban J connectivity index is 1.67. The van der Waals surface area contributed by atoms with E-state index < -0.39 is 10.0 Å². The Kier molecular flexibility index (Phi) is 7.80. The molecule has 0 saturated carbocycles. The number of rotatable bonds is 9. The van der Waals surface area contributed by atoms with E-state index in [1.54, 1.807) is 37.8 Å². The van der Waals surface area contributed by atoms with Crippen molar-refractivity contribution in [1.82, 2.24) is 9.21 Å². The summed E-state index contributed by atoms with van der Waals surface area (Å²) in [4.78, 5) is 2.59. The first-order chi connectivity index (χ1) is 14.9. The first-order valence-electron chi connectivity index (χ1n) is 10.5. The molecule has 3 rings (SSSR count). The van der Waals surface area contributed by atoms with Gasteiger partial charge in [-0.1, -0.05) is 31.5 Å². The molecule has 31 heavy (non-hydrogen) atoms. The topological polar surface area (TPSA) is 68.3 Å². The fraction of sp³-hybridized carbons (Fsp3) is 0.478. The average Bonchev–Trinajstić information content (AvgIpc) is 2.79. The van der Waals surface area contributed by atoms with Crippen LogP contribution in [0, 0.1) is 0 Å². The summed E-state index contributed by atoms with van der Waals surface area (Å²) in [6, 6.07) is 11.1. The Bertz CT molecular complexity index is 968. The van der Waals surface area contributed by atoms with Crippen LogP contribution in [0.1, 0.15) is 24.5 Å². The van der Waals surface area contributed by atoms with Crippen LogP contribution < -0.4 is 14.2 Å². The summed E-state index contributed by atoms with van der Waals surface area (Å²) in [5, 5.41) is 0.